The maximum absolute atomic E-state index is 12.1. The van der Waals surface area contributed by atoms with Gasteiger partial charge in [0.2, 0.25) is 0 Å². The molecule has 0 unspecified atom stereocenters. The number of urea groups is 1. The highest BCUT2D eigenvalue weighted by atomic mass is 32.1. The Morgan fingerprint density at radius 3 is 2.91 bits per heavy atom. The van der Waals surface area contributed by atoms with Gasteiger partial charge < -0.3 is 5.32 Å². The van der Waals surface area contributed by atoms with Crippen molar-refractivity contribution in [3.63, 3.8) is 0 Å². The molecular formula is C16H23N5OS. The Hall–Kier alpha value is -1.89. The lowest BCUT2D eigenvalue weighted by Gasteiger charge is -2.22. The molecule has 0 aromatic carbocycles. The van der Waals surface area contributed by atoms with E-state index >= 15 is 0 Å². The second kappa shape index (κ2) is 6.70. The highest BCUT2D eigenvalue weighted by molar-refractivity contribution is 7.09. The van der Waals surface area contributed by atoms with Crippen LogP contribution in [0.3, 0.4) is 0 Å². The second-order valence-corrected chi connectivity index (χ2v) is 7.16. The van der Waals surface area contributed by atoms with Gasteiger partial charge in [-0.15, -0.1) is 11.3 Å². The van der Waals surface area contributed by atoms with E-state index in [9.17, 15) is 4.79 Å². The largest absolute Gasteiger partial charge is 0.337 e. The van der Waals surface area contributed by atoms with Crippen molar-refractivity contribution in [2.75, 3.05) is 11.9 Å². The number of nitrogens with zero attached hydrogens (tertiary/aromatic N) is 3. The zero-order valence-electron chi connectivity index (χ0n) is 13.8. The first-order chi connectivity index (χ1) is 11.0. The molecular weight excluding hydrogens is 310 g/mol. The minimum absolute atomic E-state index is 0.201. The first-order valence-corrected chi connectivity index (χ1v) is 8.91. The van der Waals surface area contributed by atoms with Gasteiger partial charge in [0, 0.05) is 42.6 Å². The van der Waals surface area contributed by atoms with Crippen LogP contribution in [0.25, 0.3) is 0 Å². The minimum Gasteiger partial charge on any atom is -0.337 e. The number of rotatable bonds is 5. The SMILES string of the molecule is Cc1csc([C@H](C)CNC(=O)Nc2cc(C3CCC3)nn2C)n1. The van der Waals surface area contributed by atoms with Crippen LogP contribution in [-0.2, 0) is 7.05 Å². The predicted octanol–water partition coefficient (Wildman–Crippen LogP) is 3.38. The summed E-state index contributed by atoms with van der Waals surface area (Å²) in [6.45, 7) is 4.61. The van der Waals surface area contributed by atoms with Crippen molar-refractivity contribution in [3.05, 3.63) is 27.8 Å². The number of amides is 2. The molecule has 2 aromatic heterocycles. The fourth-order valence-electron chi connectivity index (χ4n) is 2.60. The number of carbonyl (C=O) groups excluding carboxylic acids is 1. The topological polar surface area (TPSA) is 71.8 Å². The van der Waals surface area contributed by atoms with Gasteiger partial charge in [0.05, 0.1) is 10.7 Å². The maximum Gasteiger partial charge on any atom is 0.320 e. The van der Waals surface area contributed by atoms with E-state index in [0.717, 1.165) is 22.2 Å². The summed E-state index contributed by atoms with van der Waals surface area (Å²) in [4.78, 5) is 16.5. The second-order valence-electron chi connectivity index (χ2n) is 6.27. The van der Waals surface area contributed by atoms with Gasteiger partial charge in [0.15, 0.2) is 0 Å². The molecule has 1 fully saturated rings. The fourth-order valence-corrected chi connectivity index (χ4v) is 3.46. The summed E-state index contributed by atoms with van der Waals surface area (Å²) in [6, 6.07) is 1.78. The summed E-state index contributed by atoms with van der Waals surface area (Å²) in [6.07, 6.45) is 3.68. The van der Waals surface area contributed by atoms with Crippen LogP contribution in [0.4, 0.5) is 10.6 Å². The lowest BCUT2D eigenvalue weighted by molar-refractivity contribution is 0.251. The van der Waals surface area contributed by atoms with Crippen LogP contribution in [-0.4, -0.2) is 27.3 Å². The number of hydrogen-bond acceptors (Lipinski definition) is 4. The van der Waals surface area contributed by atoms with Crippen LogP contribution < -0.4 is 10.6 Å². The zero-order chi connectivity index (χ0) is 16.4. The van der Waals surface area contributed by atoms with E-state index in [1.165, 1.54) is 19.3 Å². The molecule has 3 rings (SSSR count). The van der Waals surface area contributed by atoms with Crippen molar-refractivity contribution in [1.82, 2.24) is 20.1 Å². The van der Waals surface area contributed by atoms with Crippen LogP contribution in [0, 0.1) is 6.92 Å². The van der Waals surface area contributed by atoms with E-state index in [1.54, 1.807) is 16.0 Å². The summed E-state index contributed by atoms with van der Waals surface area (Å²) in [5.74, 6) is 1.51. The van der Waals surface area contributed by atoms with Gasteiger partial charge in [-0.3, -0.25) is 10.00 Å². The minimum atomic E-state index is -0.201. The van der Waals surface area contributed by atoms with E-state index in [2.05, 4.69) is 27.6 Å². The lowest BCUT2D eigenvalue weighted by Crippen LogP contribution is -2.32. The molecule has 2 N–H and O–H groups in total. The smallest absolute Gasteiger partial charge is 0.320 e. The normalized spacial score (nSPS) is 16.0. The van der Waals surface area contributed by atoms with E-state index in [1.807, 2.05) is 25.4 Å². The van der Waals surface area contributed by atoms with Crippen LogP contribution in [0.2, 0.25) is 0 Å². The van der Waals surface area contributed by atoms with Gasteiger partial charge >= 0.3 is 6.03 Å². The molecule has 0 radical (unpaired) electrons. The van der Waals surface area contributed by atoms with Crippen molar-refractivity contribution in [3.8, 4) is 0 Å². The molecule has 0 spiro atoms. The molecule has 1 atom stereocenters. The van der Waals surface area contributed by atoms with Gasteiger partial charge in [-0.2, -0.15) is 5.10 Å². The van der Waals surface area contributed by atoms with Crippen molar-refractivity contribution in [2.24, 2.45) is 7.05 Å². The number of aryl methyl sites for hydroxylation is 2. The third kappa shape index (κ3) is 3.72. The number of thiazole rings is 1. The summed E-state index contributed by atoms with van der Waals surface area (Å²) in [5, 5.41) is 13.4. The van der Waals surface area contributed by atoms with E-state index < -0.39 is 0 Å². The molecule has 0 bridgehead atoms. The van der Waals surface area contributed by atoms with Crippen LogP contribution in [0.1, 0.15) is 54.4 Å². The monoisotopic (exact) mass is 333 g/mol. The summed E-state index contributed by atoms with van der Waals surface area (Å²) >= 11 is 1.63. The number of aromatic nitrogens is 3. The Kier molecular flexibility index (Phi) is 4.66. The average Bonchev–Trinajstić information content (AvgIpc) is 3.02. The van der Waals surface area contributed by atoms with Crippen LogP contribution in [0.5, 0.6) is 0 Å². The molecule has 6 nitrogen and oxygen atoms in total. The van der Waals surface area contributed by atoms with Crippen LogP contribution >= 0.6 is 11.3 Å². The molecule has 1 saturated carbocycles. The highest BCUT2D eigenvalue weighted by Gasteiger charge is 2.23. The Morgan fingerprint density at radius 1 is 1.52 bits per heavy atom. The number of nitrogens with one attached hydrogen (secondary N) is 2. The van der Waals surface area contributed by atoms with Gasteiger partial charge in [0.25, 0.3) is 0 Å². The molecule has 2 aromatic rings. The molecule has 1 aliphatic carbocycles. The summed E-state index contributed by atoms with van der Waals surface area (Å²) < 4.78 is 1.74. The zero-order valence-corrected chi connectivity index (χ0v) is 14.6. The lowest BCUT2D eigenvalue weighted by atomic mass is 9.83. The van der Waals surface area contributed by atoms with Crippen molar-refractivity contribution in [1.29, 1.82) is 0 Å². The standard InChI is InChI=1S/C16H23N5OS/c1-10(15-18-11(2)9-23-15)8-17-16(22)19-14-7-13(20-21(14)3)12-5-4-6-12/h7,9-10,12H,4-6,8H2,1-3H3,(H2,17,19,22)/t10-/m1/s1. The van der Waals surface area contributed by atoms with Crippen molar-refractivity contribution < 1.29 is 4.79 Å². The van der Waals surface area contributed by atoms with E-state index in [-0.39, 0.29) is 11.9 Å². The first kappa shape index (κ1) is 16.0. The number of anilines is 1. The first-order valence-electron chi connectivity index (χ1n) is 8.03. The number of hydrogen-bond donors (Lipinski definition) is 2. The summed E-state index contributed by atoms with van der Waals surface area (Å²) in [5.41, 5.74) is 2.11. The molecule has 124 valence electrons. The van der Waals surface area contributed by atoms with Crippen molar-refractivity contribution in [2.45, 2.75) is 44.9 Å². The fraction of sp³-hybridized carbons (Fsp3) is 0.562. The summed E-state index contributed by atoms with van der Waals surface area (Å²) in [7, 11) is 1.86. The highest BCUT2D eigenvalue weighted by Crippen LogP contribution is 2.36. The average molecular weight is 333 g/mol. The Labute approximate surface area is 140 Å². The van der Waals surface area contributed by atoms with E-state index in [0.29, 0.717) is 12.5 Å². The van der Waals surface area contributed by atoms with Gasteiger partial charge in [-0.1, -0.05) is 13.3 Å². The van der Waals surface area contributed by atoms with Gasteiger partial charge in [-0.25, -0.2) is 9.78 Å². The Balaban J connectivity index is 1.52. The molecule has 23 heavy (non-hydrogen) atoms. The Bertz CT molecular complexity index is 688. The van der Waals surface area contributed by atoms with Gasteiger partial charge in [-0.05, 0) is 19.8 Å². The van der Waals surface area contributed by atoms with Crippen LogP contribution in [0.15, 0.2) is 11.4 Å². The third-order valence-electron chi connectivity index (χ3n) is 4.29. The Morgan fingerprint density at radius 2 is 2.30 bits per heavy atom. The van der Waals surface area contributed by atoms with Gasteiger partial charge in [0.1, 0.15) is 5.82 Å². The van der Waals surface area contributed by atoms with Crippen molar-refractivity contribution >= 4 is 23.2 Å². The van der Waals surface area contributed by atoms with E-state index in [4.69, 9.17) is 0 Å². The molecule has 0 saturated heterocycles. The third-order valence-corrected chi connectivity index (χ3v) is 5.49. The predicted molar refractivity (Wildman–Crippen MR) is 92.1 cm³/mol. The maximum atomic E-state index is 12.1. The molecule has 1 aliphatic rings. The number of carbonyl (C=O) groups is 1. The molecule has 7 heteroatoms. The molecule has 0 aliphatic heterocycles. The quantitative estimate of drug-likeness (QED) is 0.881. The molecule has 2 amide bonds. The molecule has 2 heterocycles.